The van der Waals surface area contributed by atoms with Crippen molar-refractivity contribution in [2.45, 2.75) is 19.9 Å². The first-order valence-corrected chi connectivity index (χ1v) is 4.99. The fraction of sp³-hybridized carbons (Fsp3) is 0.333. The molecule has 0 spiro atoms. The van der Waals surface area contributed by atoms with E-state index in [0.29, 0.717) is 6.61 Å². The third kappa shape index (κ3) is 3.94. The highest BCUT2D eigenvalue weighted by atomic mass is 16.5. The van der Waals surface area contributed by atoms with E-state index in [2.05, 4.69) is 4.99 Å². The third-order valence-corrected chi connectivity index (χ3v) is 1.87. The van der Waals surface area contributed by atoms with Crippen LogP contribution in [-0.2, 0) is 9.53 Å². The Kier molecular flexibility index (Phi) is 4.54. The molecule has 0 radical (unpaired) electrons. The number of esters is 1. The van der Waals surface area contributed by atoms with Gasteiger partial charge in [0.2, 0.25) is 0 Å². The van der Waals surface area contributed by atoms with Gasteiger partial charge in [-0.2, -0.15) is 0 Å². The molecule has 3 nitrogen and oxygen atoms in total. The zero-order valence-electron chi connectivity index (χ0n) is 9.01. The summed E-state index contributed by atoms with van der Waals surface area (Å²) in [5.41, 5.74) is 0.980. The first-order chi connectivity index (χ1) is 7.24. The molecule has 80 valence electrons. The lowest BCUT2D eigenvalue weighted by Gasteiger charge is -2.04. The molecule has 1 aromatic rings. The Labute approximate surface area is 89.8 Å². The van der Waals surface area contributed by atoms with Gasteiger partial charge in [0, 0.05) is 6.21 Å². The van der Waals surface area contributed by atoms with Crippen LogP contribution in [0, 0.1) is 0 Å². The molecular formula is C12H15NO2. The Balaban J connectivity index is 2.54. The average molecular weight is 205 g/mol. The molecule has 1 rings (SSSR count). The monoisotopic (exact) mass is 205 g/mol. The number of ether oxygens (including phenoxy) is 1. The smallest absolute Gasteiger partial charge is 0.330 e. The number of nitrogens with zero attached hydrogens (tertiary/aromatic N) is 1. The minimum absolute atomic E-state index is 0.287. The van der Waals surface area contributed by atoms with Gasteiger partial charge in [-0.15, -0.1) is 0 Å². The first-order valence-electron chi connectivity index (χ1n) is 4.99. The summed E-state index contributed by atoms with van der Waals surface area (Å²) in [6.45, 7) is 3.90. The molecule has 1 aromatic carbocycles. The number of carbonyl (C=O) groups is 1. The normalized spacial score (nSPS) is 12.7. The van der Waals surface area contributed by atoms with E-state index in [9.17, 15) is 4.79 Å². The molecule has 0 N–H and O–H groups in total. The maximum absolute atomic E-state index is 11.2. The third-order valence-electron chi connectivity index (χ3n) is 1.87. The fourth-order valence-corrected chi connectivity index (χ4v) is 1.06. The van der Waals surface area contributed by atoms with Crippen molar-refractivity contribution in [2.24, 2.45) is 4.99 Å². The number of aliphatic imine (C=N–C) groups is 1. The Morgan fingerprint density at radius 2 is 2.13 bits per heavy atom. The van der Waals surface area contributed by atoms with Crippen LogP contribution in [0.25, 0.3) is 0 Å². The van der Waals surface area contributed by atoms with Crippen molar-refractivity contribution in [1.29, 1.82) is 0 Å². The van der Waals surface area contributed by atoms with Gasteiger partial charge >= 0.3 is 5.97 Å². The molecule has 0 saturated heterocycles. The fourth-order valence-electron chi connectivity index (χ4n) is 1.06. The number of benzene rings is 1. The van der Waals surface area contributed by atoms with Gasteiger partial charge in [-0.3, -0.25) is 4.99 Å². The predicted molar refractivity (Wildman–Crippen MR) is 60.1 cm³/mol. The zero-order valence-corrected chi connectivity index (χ0v) is 9.01. The van der Waals surface area contributed by atoms with Crippen molar-refractivity contribution in [3.63, 3.8) is 0 Å². The molecule has 1 atom stereocenters. The Morgan fingerprint density at radius 1 is 1.47 bits per heavy atom. The van der Waals surface area contributed by atoms with E-state index in [1.54, 1.807) is 20.1 Å². The topological polar surface area (TPSA) is 38.7 Å². The van der Waals surface area contributed by atoms with E-state index in [-0.39, 0.29) is 5.97 Å². The molecule has 0 aliphatic carbocycles. The zero-order chi connectivity index (χ0) is 11.1. The summed E-state index contributed by atoms with van der Waals surface area (Å²) in [5.74, 6) is -0.287. The maximum atomic E-state index is 11.2. The molecule has 0 aliphatic rings. The minimum Gasteiger partial charge on any atom is -0.464 e. The maximum Gasteiger partial charge on any atom is 0.330 e. The number of carbonyl (C=O) groups excluding carboxylic acids is 1. The van der Waals surface area contributed by atoms with E-state index >= 15 is 0 Å². The molecule has 0 saturated carbocycles. The lowest BCUT2D eigenvalue weighted by atomic mass is 10.2. The van der Waals surface area contributed by atoms with E-state index in [0.717, 1.165) is 5.56 Å². The summed E-state index contributed by atoms with van der Waals surface area (Å²) in [7, 11) is 0. The van der Waals surface area contributed by atoms with Crippen molar-refractivity contribution in [1.82, 2.24) is 0 Å². The molecule has 0 heterocycles. The molecule has 0 fully saturated rings. The summed E-state index contributed by atoms with van der Waals surface area (Å²) in [6, 6.07) is 9.21. The number of hydrogen-bond donors (Lipinski definition) is 0. The van der Waals surface area contributed by atoms with Crippen LogP contribution in [0.4, 0.5) is 0 Å². The SMILES string of the molecule is CCOC(=O)C(C)/N=C/c1ccccc1. The van der Waals surface area contributed by atoms with Crippen LogP contribution >= 0.6 is 0 Å². The molecule has 0 aromatic heterocycles. The van der Waals surface area contributed by atoms with Crippen LogP contribution in [0.1, 0.15) is 19.4 Å². The van der Waals surface area contributed by atoms with Crippen LogP contribution in [0.15, 0.2) is 35.3 Å². The lowest BCUT2D eigenvalue weighted by Crippen LogP contribution is -2.18. The van der Waals surface area contributed by atoms with E-state index in [1.807, 2.05) is 30.3 Å². The van der Waals surface area contributed by atoms with Gasteiger partial charge in [0.1, 0.15) is 6.04 Å². The molecular weight excluding hydrogens is 190 g/mol. The summed E-state index contributed by atoms with van der Waals surface area (Å²) in [5, 5.41) is 0. The van der Waals surface area contributed by atoms with E-state index < -0.39 is 6.04 Å². The largest absolute Gasteiger partial charge is 0.464 e. The van der Waals surface area contributed by atoms with Crippen molar-refractivity contribution in [2.75, 3.05) is 6.61 Å². The minimum atomic E-state index is -0.440. The van der Waals surface area contributed by atoms with E-state index in [4.69, 9.17) is 4.74 Å². The lowest BCUT2D eigenvalue weighted by molar-refractivity contribution is -0.144. The predicted octanol–water partition coefficient (Wildman–Crippen LogP) is 2.06. The van der Waals surface area contributed by atoms with Gasteiger partial charge in [0.25, 0.3) is 0 Å². The van der Waals surface area contributed by atoms with Crippen LogP contribution in [0.2, 0.25) is 0 Å². The highest BCUT2D eigenvalue weighted by Crippen LogP contribution is 1.98. The van der Waals surface area contributed by atoms with Crippen molar-refractivity contribution in [3.05, 3.63) is 35.9 Å². The molecule has 3 heteroatoms. The first kappa shape index (κ1) is 11.4. The van der Waals surface area contributed by atoms with Gasteiger partial charge in [0.15, 0.2) is 0 Å². The van der Waals surface area contributed by atoms with Crippen LogP contribution < -0.4 is 0 Å². The highest BCUT2D eigenvalue weighted by molar-refractivity contribution is 5.83. The molecule has 15 heavy (non-hydrogen) atoms. The molecule has 0 aliphatic heterocycles. The van der Waals surface area contributed by atoms with Crippen molar-refractivity contribution < 1.29 is 9.53 Å². The summed E-state index contributed by atoms with van der Waals surface area (Å²) in [4.78, 5) is 15.3. The second kappa shape index (κ2) is 5.96. The average Bonchev–Trinajstić information content (AvgIpc) is 2.27. The van der Waals surface area contributed by atoms with Crippen molar-refractivity contribution >= 4 is 12.2 Å². The Bertz CT molecular complexity index is 333. The van der Waals surface area contributed by atoms with Crippen molar-refractivity contribution in [3.8, 4) is 0 Å². The molecule has 0 amide bonds. The van der Waals surface area contributed by atoms with Gasteiger partial charge in [-0.25, -0.2) is 4.79 Å². The van der Waals surface area contributed by atoms with Gasteiger partial charge in [0.05, 0.1) is 6.61 Å². The quantitative estimate of drug-likeness (QED) is 0.557. The molecule has 1 unspecified atom stereocenters. The summed E-state index contributed by atoms with van der Waals surface area (Å²) in [6.07, 6.45) is 1.68. The van der Waals surface area contributed by atoms with Gasteiger partial charge in [-0.05, 0) is 19.4 Å². The molecule has 0 bridgehead atoms. The Morgan fingerprint density at radius 3 is 2.73 bits per heavy atom. The second-order valence-corrected chi connectivity index (χ2v) is 3.12. The van der Waals surface area contributed by atoms with E-state index in [1.165, 1.54) is 0 Å². The van der Waals surface area contributed by atoms with Gasteiger partial charge in [-0.1, -0.05) is 30.3 Å². The number of hydrogen-bond acceptors (Lipinski definition) is 3. The summed E-state index contributed by atoms with van der Waals surface area (Å²) < 4.78 is 4.84. The van der Waals surface area contributed by atoms with Crippen LogP contribution in [0.3, 0.4) is 0 Å². The standard InChI is InChI=1S/C12H15NO2/c1-3-15-12(14)10(2)13-9-11-7-5-4-6-8-11/h4-10H,3H2,1-2H3/b13-9+. The van der Waals surface area contributed by atoms with Crippen LogP contribution in [0.5, 0.6) is 0 Å². The summed E-state index contributed by atoms with van der Waals surface area (Å²) >= 11 is 0. The van der Waals surface area contributed by atoms with Gasteiger partial charge < -0.3 is 4.74 Å². The van der Waals surface area contributed by atoms with Crippen LogP contribution in [-0.4, -0.2) is 24.8 Å². The Hall–Kier alpha value is -1.64. The highest BCUT2D eigenvalue weighted by Gasteiger charge is 2.10. The number of rotatable bonds is 4. The second-order valence-electron chi connectivity index (χ2n) is 3.12.